The Kier molecular flexibility index (Phi) is 4.92. The molecule has 0 amide bonds. The topological polar surface area (TPSA) is 12.0 Å². The van der Waals surface area contributed by atoms with Gasteiger partial charge in [0.05, 0.1) is 6.42 Å². The molecule has 0 aliphatic heterocycles. The predicted molar refractivity (Wildman–Crippen MR) is 52.2 cm³/mol. The molecule has 14 heavy (non-hydrogen) atoms. The van der Waals surface area contributed by atoms with Crippen molar-refractivity contribution in [1.82, 2.24) is 5.32 Å². The fourth-order valence-electron chi connectivity index (χ4n) is 1.11. The zero-order valence-corrected chi connectivity index (χ0v) is 9.33. The van der Waals surface area contributed by atoms with E-state index in [-0.39, 0.29) is 5.41 Å². The first-order valence-corrected chi connectivity index (χ1v) is 4.90. The van der Waals surface area contributed by atoms with E-state index in [2.05, 4.69) is 26.1 Å². The van der Waals surface area contributed by atoms with Crippen LogP contribution in [0.2, 0.25) is 0 Å². The highest BCUT2D eigenvalue weighted by Gasteiger charge is 2.29. The largest absolute Gasteiger partial charge is 0.390 e. The summed E-state index contributed by atoms with van der Waals surface area (Å²) in [4.78, 5) is 0. The lowest BCUT2D eigenvalue weighted by Crippen LogP contribution is -2.33. The minimum atomic E-state index is -4.06. The summed E-state index contributed by atoms with van der Waals surface area (Å²) < 4.78 is 35.8. The molecule has 0 aliphatic carbocycles. The molecule has 86 valence electrons. The van der Waals surface area contributed by atoms with Gasteiger partial charge in [-0.3, -0.25) is 0 Å². The Morgan fingerprint density at radius 3 is 2.00 bits per heavy atom. The van der Waals surface area contributed by atoms with E-state index in [0.29, 0.717) is 6.54 Å². The van der Waals surface area contributed by atoms with Crippen molar-refractivity contribution >= 4 is 0 Å². The second-order valence-corrected chi connectivity index (χ2v) is 4.99. The first-order chi connectivity index (χ1) is 6.10. The van der Waals surface area contributed by atoms with Crippen LogP contribution in [0, 0.1) is 5.41 Å². The first-order valence-electron chi connectivity index (χ1n) is 4.90. The minimum Gasteiger partial charge on any atom is -0.314 e. The maximum absolute atomic E-state index is 11.9. The Morgan fingerprint density at radius 1 is 1.14 bits per heavy atom. The van der Waals surface area contributed by atoms with Gasteiger partial charge in [-0.05, 0) is 25.3 Å². The molecule has 1 nitrogen and oxygen atoms in total. The molecular formula is C10H20F3N. The van der Waals surface area contributed by atoms with Crippen LogP contribution in [0.5, 0.6) is 0 Å². The Morgan fingerprint density at radius 2 is 1.64 bits per heavy atom. The van der Waals surface area contributed by atoms with E-state index < -0.39 is 18.6 Å². The van der Waals surface area contributed by atoms with Crippen molar-refractivity contribution in [3.05, 3.63) is 0 Å². The summed E-state index contributed by atoms with van der Waals surface area (Å²) in [5.41, 5.74) is 0.172. The number of hydrogen-bond acceptors (Lipinski definition) is 1. The molecule has 0 aliphatic rings. The Bertz CT molecular complexity index is 158. The molecule has 0 rings (SSSR count). The molecular weight excluding hydrogens is 191 g/mol. The molecule has 4 heteroatoms. The molecule has 0 fully saturated rings. The summed E-state index contributed by atoms with van der Waals surface area (Å²) in [6, 6.07) is -0.489. The van der Waals surface area contributed by atoms with Gasteiger partial charge in [0.1, 0.15) is 0 Å². The Labute approximate surface area is 84.1 Å². The number of halogens is 3. The molecule has 0 saturated heterocycles. The van der Waals surface area contributed by atoms with Crippen LogP contribution in [0.3, 0.4) is 0 Å². The van der Waals surface area contributed by atoms with E-state index in [1.165, 1.54) is 0 Å². The maximum atomic E-state index is 11.9. The second kappa shape index (κ2) is 5.01. The Hall–Kier alpha value is -0.250. The van der Waals surface area contributed by atoms with Crippen LogP contribution in [-0.4, -0.2) is 18.8 Å². The monoisotopic (exact) mass is 211 g/mol. The molecule has 1 unspecified atom stereocenters. The van der Waals surface area contributed by atoms with Crippen molar-refractivity contribution < 1.29 is 13.2 Å². The smallest absolute Gasteiger partial charge is 0.314 e. The lowest BCUT2D eigenvalue weighted by Gasteiger charge is -2.21. The molecule has 0 radical (unpaired) electrons. The lowest BCUT2D eigenvalue weighted by molar-refractivity contribution is -0.139. The third kappa shape index (κ3) is 9.84. The van der Waals surface area contributed by atoms with E-state index in [9.17, 15) is 13.2 Å². The number of nitrogens with one attached hydrogen (secondary N) is 1. The van der Waals surface area contributed by atoms with Crippen LogP contribution in [-0.2, 0) is 0 Å². The number of rotatable bonds is 4. The van der Waals surface area contributed by atoms with Crippen LogP contribution in [0.25, 0.3) is 0 Å². The van der Waals surface area contributed by atoms with Crippen LogP contribution < -0.4 is 5.32 Å². The third-order valence-electron chi connectivity index (χ3n) is 1.91. The highest BCUT2D eigenvalue weighted by Crippen LogP contribution is 2.22. The van der Waals surface area contributed by atoms with E-state index in [1.807, 2.05) is 0 Å². The van der Waals surface area contributed by atoms with E-state index in [4.69, 9.17) is 0 Å². The van der Waals surface area contributed by atoms with Crippen molar-refractivity contribution in [3.8, 4) is 0 Å². The van der Waals surface area contributed by atoms with Crippen LogP contribution in [0.1, 0.15) is 40.5 Å². The summed E-state index contributed by atoms with van der Waals surface area (Å²) in [5.74, 6) is 0. The quantitative estimate of drug-likeness (QED) is 0.752. The van der Waals surface area contributed by atoms with Gasteiger partial charge in [0.25, 0.3) is 0 Å². The standard InChI is InChI=1S/C10H20F3N/c1-8(7-10(11,12)13)14-6-5-9(2,3)4/h8,14H,5-7H2,1-4H3. The maximum Gasteiger partial charge on any atom is 0.390 e. The van der Waals surface area contributed by atoms with Gasteiger partial charge in [0.2, 0.25) is 0 Å². The third-order valence-corrected chi connectivity index (χ3v) is 1.91. The van der Waals surface area contributed by atoms with Gasteiger partial charge in [-0.15, -0.1) is 0 Å². The number of hydrogen-bond donors (Lipinski definition) is 1. The van der Waals surface area contributed by atoms with Crippen LogP contribution in [0.15, 0.2) is 0 Å². The zero-order chi connectivity index (χ0) is 11.4. The van der Waals surface area contributed by atoms with E-state index in [0.717, 1.165) is 6.42 Å². The second-order valence-electron chi connectivity index (χ2n) is 4.99. The fraction of sp³-hybridized carbons (Fsp3) is 1.00. The molecule has 0 bridgehead atoms. The van der Waals surface area contributed by atoms with Gasteiger partial charge in [0.15, 0.2) is 0 Å². The van der Waals surface area contributed by atoms with Gasteiger partial charge in [-0.2, -0.15) is 13.2 Å². The van der Waals surface area contributed by atoms with Gasteiger partial charge in [-0.1, -0.05) is 20.8 Å². The molecule has 1 N–H and O–H groups in total. The van der Waals surface area contributed by atoms with Gasteiger partial charge < -0.3 is 5.32 Å². The minimum absolute atomic E-state index is 0.172. The summed E-state index contributed by atoms with van der Waals surface area (Å²) >= 11 is 0. The highest BCUT2D eigenvalue weighted by molar-refractivity contribution is 4.68. The average molecular weight is 211 g/mol. The highest BCUT2D eigenvalue weighted by atomic mass is 19.4. The fourth-order valence-corrected chi connectivity index (χ4v) is 1.11. The molecule has 0 aromatic heterocycles. The van der Waals surface area contributed by atoms with E-state index in [1.54, 1.807) is 6.92 Å². The molecule has 0 heterocycles. The predicted octanol–water partition coefficient (Wildman–Crippen LogP) is 3.35. The number of alkyl halides is 3. The molecule has 0 aromatic carbocycles. The first kappa shape index (κ1) is 13.8. The zero-order valence-electron chi connectivity index (χ0n) is 9.33. The normalized spacial score (nSPS) is 15.6. The van der Waals surface area contributed by atoms with E-state index >= 15 is 0 Å². The van der Waals surface area contributed by atoms with Crippen LogP contribution >= 0.6 is 0 Å². The van der Waals surface area contributed by atoms with Crippen molar-refractivity contribution in [3.63, 3.8) is 0 Å². The van der Waals surface area contributed by atoms with Crippen molar-refractivity contribution in [1.29, 1.82) is 0 Å². The summed E-state index contributed by atoms with van der Waals surface area (Å²) in [5, 5.41) is 2.88. The SMILES string of the molecule is CC(CC(F)(F)F)NCCC(C)(C)C. The molecule has 1 atom stereocenters. The van der Waals surface area contributed by atoms with Crippen molar-refractivity contribution in [2.45, 2.75) is 52.8 Å². The summed E-state index contributed by atoms with van der Waals surface area (Å²) in [6.45, 7) is 8.42. The van der Waals surface area contributed by atoms with Gasteiger partial charge in [-0.25, -0.2) is 0 Å². The van der Waals surface area contributed by atoms with Crippen molar-refractivity contribution in [2.24, 2.45) is 5.41 Å². The van der Waals surface area contributed by atoms with Gasteiger partial charge >= 0.3 is 6.18 Å². The lowest BCUT2D eigenvalue weighted by atomic mass is 9.92. The average Bonchev–Trinajstić information content (AvgIpc) is 1.78. The molecule has 0 aromatic rings. The van der Waals surface area contributed by atoms with Gasteiger partial charge in [0, 0.05) is 6.04 Å². The van der Waals surface area contributed by atoms with Crippen molar-refractivity contribution in [2.75, 3.05) is 6.54 Å². The van der Waals surface area contributed by atoms with Crippen LogP contribution in [0.4, 0.5) is 13.2 Å². The Balaban J connectivity index is 3.60. The summed E-state index contributed by atoms with van der Waals surface area (Å²) in [6.07, 6.45) is -3.93. The molecule has 0 spiro atoms. The summed E-state index contributed by atoms with van der Waals surface area (Å²) in [7, 11) is 0. The molecule has 0 saturated carbocycles.